The molecule has 0 aliphatic rings. The number of halogens is 1. The minimum atomic E-state index is -0.584. The van der Waals surface area contributed by atoms with Crippen LogP contribution in [0.25, 0.3) is 0 Å². The first-order chi connectivity index (χ1) is 8.66. The van der Waals surface area contributed by atoms with Crippen molar-refractivity contribution in [3.63, 3.8) is 0 Å². The summed E-state index contributed by atoms with van der Waals surface area (Å²) in [7, 11) is 0. The molecule has 0 fully saturated rings. The van der Waals surface area contributed by atoms with Crippen molar-refractivity contribution in [2.24, 2.45) is 0 Å². The van der Waals surface area contributed by atoms with Crippen molar-refractivity contribution in [3.8, 4) is 0 Å². The average Bonchev–Trinajstić information content (AvgIpc) is 2.95. The Morgan fingerprint density at radius 2 is 2.44 bits per heavy atom. The Kier molecular flexibility index (Phi) is 4.77. The van der Waals surface area contributed by atoms with E-state index in [1.54, 1.807) is 22.2 Å². The highest BCUT2D eigenvalue weighted by Gasteiger charge is 2.10. The summed E-state index contributed by atoms with van der Waals surface area (Å²) in [5.41, 5.74) is 0.856. The monoisotopic (exact) mass is 286 g/mol. The molecule has 6 heteroatoms. The fourth-order valence-electron chi connectivity index (χ4n) is 1.55. The topological polar surface area (TPSA) is 47.3 Å². The molecule has 0 saturated carbocycles. The second-order valence-electron chi connectivity index (χ2n) is 4.01. The zero-order chi connectivity index (χ0) is 13.0. The van der Waals surface area contributed by atoms with Crippen LogP contribution >= 0.6 is 22.9 Å². The summed E-state index contributed by atoms with van der Waals surface area (Å²) in [4.78, 5) is 1.15. The molecule has 0 spiro atoms. The van der Waals surface area contributed by atoms with E-state index in [0.717, 1.165) is 10.6 Å². The minimum Gasteiger partial charge on any atom is -0.389 e. The van der Waals surface area contributed by atoms with Crippen LogP contribution in [0.3, 0.4) is 0 Å². The number of rotatable bonds is 6. The van der Waals surface area contributed by atoms with Gasteiger partial charge >= 0.3 is 0 Å². The van der Waals surface area contributed by atoms with Crippen LogP contribution in [0.5, 0.6) is 0 Å². The highest BCUT2D eigenvalue weighted by Crippen LogP contribution is 2.14. The van der Waals surface area contributed by atoms with Crippen LogP contribution in [-0.4, -0.2) is 27.6 Å². The van der Waals surface area contributed by atoms with Crippen molar-refractivity contribution in [1.82, 2.24) is 9.78 Å². The predicted molar refractivity (Wildman–Crippen MR) is 72.0 cm³/mol. The number of hydrogen-bond donors (Lipinski definition) is 1. The van der Waals surface area contributed by atoms with Crippen LogP contribution in [-0.2, 0) is 17.9 Å². The molecule has 1 atom stereocenters. The summed E-state index contributed by atoms with van der Waals surface area (Å²) in [6, 6.07) is 3.99. The highest BCUT2D eigenvalue weighted by molar-refractivity contribution is 7.09. The predicted octanol–water partition coefficient (Wildman–Crippen LogP) is 2.48. The molecule has 0 aliphatic heterocycles. The Hall–Kier alpha value is -0.880. The third-order valence-electron chi connectivity index (χ3n) is 2.56. The molecule has 18 heavy (non-hydrogen) atoms. The van der Waals surface area contributed by atoms with Gasteiger partial charge in [-0.05, 0) is 18.4 Å². The lowest BCUT2D eigenvalue weighted by atomic mass is 10.3. The van der Waals surface area contributed by atoms with E-state index in [0.29, 0.717) is 18.2 Å². The summed E-state index contributed by atoms with van der Waals surface area (Å²) >= 11 is 7.53. The molecule has 0 radical (unpaired) electrons. The average molecular weight is 287 g/mol. The zero-order valence-corrected chi connectivity index (χ0v) is 11.6. The van der Waals surface area contributed by atoms with E-state index >= 15 is 0 Å². The quantitative estimate of drug-likeness (QED) is 0.887. The van der Waals surface area contributed by atoms with Gasteiger partial charge in [0.1, 0.15) is 0 Å². The number of aliphatic hydroxyl groups is 1. The normalized spacial score (nSPS) is 12.8. The molecule has 2 aromatic rings. The number of nitrogens with zero attached hydrogens (tertiary/aromatic N) is 2. The number of aliphatic hydroxyl groups excluding tert-OH is 1. The van der Waals surface area contributed by atoms with Gasteiger partial charge in [0, 0.05) is 4.88 Å². The molecule has 2 aromatic heterocycles. The van der Waals surface area contributed by atoms with E-state index < -0.39 is 6.10 Å². The molecule has 0 unspecified atom stereocenters. The maximum absolute atomic E-state index is 9.84. The molecule has 0 aromatic carbocycles. The maximum Gasteiger partial charge on any atom is 0.0969 e. The van der Waals surface area contributed by atoms with Crippen molar-refractivity contribution >= 4 is 22.9 Å². The molecule has 0 amide bonds. The van der Waals surface area contributed by atoms with Crippen molar-refractivity contribution in [2.75, 3.05) is 6.61 Å². The highest BCUT2D eigenvalue weighted by atomic mass is 35.5. The van der Waals surface area contributed by atoms with E-state index in [4.69, 9.17) is 16.3 Å². The van der Waals surface area contributed by atoms with Crippen molar-refractivity contribution < 1.29 is 9.84 Å². The summed E-state index contributed by atoms with van der Waals surface area (Å²) in [6.07, 6.45) is 0.996. The van der Waals surface area contributed by atoms with Gasteiger partial charge in [0.05, 0.1) is 42.8 Å². The number of hydrogen-bond acceptors (Lipinski definition) is 4. The van der Waals surface area contributed by atoms with E-state index in [1.807, 2.05) is 24.4 Å². The molecule has 1 N–H and O–H groups in total. The summed E-state index contributed by atoms with van der Waals surface area (Å²) in [5.74, 6) is 0. The Bertz CT molecular complexity index is 484. The van der Waals surface area contributed by atoms with E-state index in [2.05, 4.69) is 5.10 Å². The molecule has 0 aliphatic carbocycles. The molecule has 0 saturated heterocycles. The van der Waals surface area contributed by atoms with Gasteiger partial charge in [-0.2, -0.15) is 5.10 Å². The third kappa shape index (κ3) is 3.55. The maximum atomic E-state index is 9.84. The van der Waals surface area contributed by atoms with Gasteiger partial charge in [-0.25, -0.2) is 0 Å². The van der Waals surface area contributed by atoms with E-state index in [9.17, 15) is 5.11 Å². The molecule has 98 valence electrons. The van der Waals surface area contributed by atoms with Crippen LogP contribution in [0.4, 0.5) is 0 Å². The van der Waals surface area contributed by atoms with Crippen molar-refractivity contribution in [2.45, 2.75) is 26.2 Å². The molecule has 0 bridgehead atoms. The first-order valence-corrected chi connectivity index (χ1v) is 6.88. The van der Waals surface area contributed by atoms with Gasteiger partial charge in [0.15, 0.2) is 0 Å². The van der Waals surface area contributed by atoms with E-state index in [1.165, 1.54) is 0 Å². The molecular weight excluding hydrogens is 272 g/mol. The van der Waals surface area contributed by atoms with Gasteiger partial charge in [-0.1, -0.05) is 17.7 Å². The van der Waals surface area contributed by atoms with Crippen LogP contribution in [0, 0.1) is 6.92 Å². The second kappa shape index (κ2) is 6.33. The van der Waals surface area contributed by atoms with Gasteiger partial charge < -0.3 is 9.84 Å². The molecule has 2 rings (SSSR count). The number of thiophene rings is 1. The largest absolute Gasteiger partial charge is 0.389 e. The van der Waals surface area contributed by atoms with Crippen molar-refractivity contribution in [3.05, 3.63) is 39.3 Å². The third-order valence-corrected chi connectivity index (χ3v) is 3.78. The van der Waals surface area contributed by atoms with Gasteiger partial charge in [-0.3, -0.25) is 4.68 Å². The molecule has 4 nitrogen and oxygen atoms in total. The minimum absolute atomic E-state index is 0.287. The summed E-state index contributed by atoms with van der Waals surface area (Å²) < 4.78 is 7.13. The first-order valence-electron chi connectivity index (χ1n) is 5.63. The Morgan fingerprint density at radius 1 is 1.61 bits per heavy atom. The van der Waals surface area contributed by atoms with Gasteiger partial charge in [-0.15, -0.1) is 11.3 Å². The Balaban J connectivity index is 1.75. The van der Waals surface area contributed by atoms with Crippen LogP contribution < -0.4 is 0 Å². The second-order valence-corrected chi connectivity index (χ2v) is 5.45. The molecular formula is C12H15ClN2O2S. The van der Waals surface area contributed by atoms with Crippen LogP contribution in [0.15, 0.2) is 23.7 Å². The smallest absolute Gasteiger partial charge is 0.0969 e. The van der Waals surface area contributed by atoms with E-state index in [-0.39, 0.29) is 6.61 Å². The lowest BCUT2D eigenvalue weighted by molar-refractivity contribution is 0.0193. The van der Waals surface area contributed by atoms with Crippen molar-refractivity contribution in [1.29, 1.82) is 0 Å². The zero-order valence-electron chi connectivity index (χ0n) is 10.0. The standard InChI is InChI=1S/C12H15ClN2O2S/c1-9-12(13)5-14-15(9)6-10(16)7-17-8-11-3-2-4-18-11/h2-5,10,16H,6-8H2,1H3/t10-/m1/s1. The summed E-state index contributed by atoms with van der Waals surface area (Å²) in [6.45, 7) is 3.08. The number of aromatic nitrogens is 2. The van der Waals surface area contributed by atoms with Gasteiger partial charge in [0.25, 0.3) is 0 Å². The Morgan fingerprint density at radius 3 is 3.06 bits per heavy atom. The lowest BCUT2D eigenvalue weighted by Gasteiger charge is -2.12. The SMILES string of the molecule is Cc1c(Cl)cnn1C[C@@H](O)COCc1cccs1. The first kappa shape index (κ1) is 13.5. The fraction of sp³-hybridized carbons (Fsp3) is 0.417. The fourth-order valence-corrected chi connectivity index (χ4v) is 2.33. The molecule has 2 heterocycles. The lowest BCUT2D eigenvalue weighted by Crippen LogP contribution is -2.23. The Labute approximate surface area is 115 Å². The number of ether oxygens (including phenoxy) is 1. The summed E-state index contributed by atoms with van der Waals surface area (Å²) in [5, 5.41) is 16.5. The van der Waals surface area contributed by atoms with Crippen LogP contribution in [0.2, 0.25) is 5.02 Å². The van der Waals surface area contributed by atoms with Crippen LogP contribution in [0.1, 0.15) is 10.6 Å². The van der Waals surface area contributed by atoms with Gasteiger partial charge in [0.2, 0.25) is 0 Å².